The number of ketones is 1. The Morgan fingerprint density at radius 2 is 1.79 bits per heavy atom. The van der Waals surface area contributed by atoms with Crippen LogP contribution in [0, 0.1) is 5.92 Å². The Hall–Kier alpha value is -3.98. The lowest BCUT2D eigenvalue weighted by atomic mass is 9.85. The molecule has 1 saturated carbocycles. The molecule has 4 amide bonds. The summed E-state index contributed by atoms with van der Waals surface area (Å²) < 4.78 is 1.51. The van der Waals surface area contributed by atoms with Gasteiger partial charge < -0.3 is 21.1 Å². The van der Waals surface area contributed by atoms with Gasteiger partial charge in [0.1, 0.15) is 22.9 Å². The molecule has 2 aromatic rings. The molecule has 2 atom stereocenters. The highest BCUT2D eigenvalue weighted by Crippen LogP contribution is 2.34. The first-order valence-corrected chi connectivity index (χ1v) is 17.2. The summed E-state index contributed by atoms with van der Waals surface area (Å²) in [6.45, 7) is 3.18. The third-order valence-electron chi connectivity index (χ3n) is 9.37. The van der Waals surface area contributed by atoms with Gasteiger partial charge in [0.25, 0.3) is 17.7 Å². The molecule has 0 bridgehead atoms. The van der Waals surface area contributed by atoms with Crippen molar-refractivity contribution >= 4 is 46.9 Å². The lowest BCUT2D eigenvalue weighted by Gasteiger charge is -2.37. The Morgan fingerprint density at radius 1 is 1.11 bits per heavy atom. The zero-order valence-corrected chi connectivity index (χ0v) is 27.6. The summed E-state index contributed by atoms with van der Waals surface area (Å²) in [6.07, 6.45) is 10.1. The Bertz CT molecular complexity index is 1530. The molecule has 3 aliphatic rings. The first kappa shape index (κ1) is 34.4. The van der Waals surface area contributed by atoms with E-state index in [4.69, 9.17) is 5.73 Å². The summed E-state index contributed by atoms with van der Waals surface area (Å²) in [4.78, 5) is 76.8. The molecule has 15 heteroatoms. The lowest BCUT2D eigenvalue weighted by Crippen LogP contribution is -2.63. The molecule has 5 rings (SSSR count). The molecule has 4 heterocycles. The number of rotatable bonds is 10. The number of pyridine rings is 1. The van der Waals surface area contributed by atoms with Crippen LogP contribution in [-0.4, -0.2) is 94.7 Å². The van der Waals surface area contributed by atoms with Gasteiger partial charge in [-0.3, -0.25) is 29.0 Å². The van der Waals surface area contributed by atoms with E-state index in [0.29, 0.717) is 17.2 Å². The maximum atomic E-state index is 14.5. The molecule has 2 aromatic heterocycles. The third-order valence-corrected chi connectivity index (χ3v) is 10.4. The summed E-state index contributed by atoms with van der Waals surface area (Å²) in [6, 6.07) is 1.37. The summed E-state index contributed by atoms with van der Waals surface area (Å²) in [7, 11) is 0. The number of amides is 4. The van der Waals surface area contributed by atoms with E-state index in [0.717, 1.165) is 32.1 Å². The normalized spacial score (nSPS) is 22.1. The predicted molar refractivity (Wildman–Crippen MR) is 173 cm³/mol. The Kier molecular flexibility index (Phi) is 10.5. The van der Waals surface area contributed by atoms with Gasteiger partial charge in [0.15, 0.2) is 0 Å². The van der Waals surface area contributed by atoms with Crippen molar-refractivity contribution in [1.82, 2.24) is 30.2 Å². The molecule has 3 fully saturated rings. The SMILES string of the molecule is CC(C)(O)c1cnnn1[C@H]1C[C@@H](C(=O)NC2(C(=O)C(N)=O)CCSCC2)N(C(=O)/C(CC2CCCCC2)=N/C(=O)c2ccncc2)C1. The molecule has 2 aliphatic heterocycles. The van der Waals surface area contributed by atoms with Crippen molar-refractivity contribution in [1.29, 1.82) is 0 Å². The van der Waals surface area contributed by atoms with Crippen LogP contribution in [0.15, 0.2) is 35.7 Å². The molecular weight excluding hydrogens is 624 g/mol. The number of likely N-dealkylation sites (tertiary alicyclic amines) is 1. The van der Waals surface area contributed by atoms with E-state index in [1.165, 1.54) is 40.3 Å². The average Bonchev–Trinajstić information content (AvgIpc) is 3.73. The Morgan fingerprint density at radius 3 is 2.43 bits per heavy atom. The number of hydrogen-bond acceptors (Lipinski definition) is 10. The smallest absolute Gasteiger partial charge is 0.287 e. The lowest BCUT2D eigenvalue weighted by molar-refractivity contribution is -0.143. The van der Waals surface area contributed by atoms with Crippen molar-refractivity contribution in [2.24, 2.45) is 16.6 Å². The first-order valence-electron chi connectivity index (χ1n) is 16.1. The second-order valence-electron chi connectivity index (χ2n) is 13.2. The zero-order valence-electron chi connectivity index (χ0n) is 26.8. The van der Waals surface area contributed by atoms with E-state index in [1.807, 2.05) is 0 Å². The van der Waals surface area contributed by atoms with Crippen LogP contribution in [0.5, 0.6) is 0 Å². The summed E-state index contributed by atoms with van der Waals surface area (Å²) in [5.74, 6) is -2.56. The van der Waals surface area contributed by atoms with Gasteiger partial charge in [-0.25, -0.2) is 9.67 Å². The van der Waals surface area contributed by atoms with Crippen LogP contribution in [0.2, 0.25) is 0 Å². The van der Waals surface area contributed by atoms with E-state index in [-0.39, 0.29) is 49.4 Å². The molecule has 1 aliphatic carbocycles. The molecule has 2 saturated heterocycles. The standard InChI is InChI=1S/C32H42N8O6S/c1-31(2,46)25-18-35-38-40(25)22-17-24(29(44)37-32(26(41)27(33)42)10-14-47-15-11-32)39(19-22)30(45)23(16-20-6-4-3-5-7-20)36-28(43)21-8-12-34-13-9-21/h8-9,12-13,18,20,22,24,46H,3-7,10-11,14-17,19H2,1-2H3,(H2,33,42)(H,37,44)/b36-23+/t22-,24-/m0/s1. The first-order chi connectivity index (χ1) is 22.4. The number of carbonyl (C=O) groups is 5. The van der Waals surface area contributed by atoms with Crippen LogP contribution < -0.4 is 11.1 Å². The molecule has 4 N–H and O–H groups in total. The van der Waals surface area contributed by atoms with Gasteiger partial charge in [0.2, 0.25) is 11.7 Å². The fourth-order valence-corrected chi connectivity index (χ4v) is 7.98. The minimum absolute atomic E-state index is 0.00309. The molecular formula is C32H42N8O6S. The largest absolute Gasteiger partial charge is 0.384 e. The second kappa shape index (κ2) is 14.4. The molecule has 0 aromatic carbocycles. The number of nitrogens with one attached hydrogen (secondary N) is 1. The van der Waals surface area contributed by atoms with E-state index in [9.17, 15) is 29.1 Å². The van der Waals surface area contributed by atoms with Crippen LogP contribution in [0.4, 0.5) is 0 Å². The van der Waals surface area contributed by atoms with E-state index < -0.39 is 52.6 Å². The van der Waals surface area contributed by atoms with Gasteiger partial charge in [0, 0.05) is 30.9 Å². The highest BCUT2D eigenvalue weighted by Gasteiger charge is 2.49. The number of Topliss-reactive ketones (excluding diaryl/α,β-unsaturated/α-hetero) is 1. The monoisotopic (exact) mass is 666 g/mol. The van der Waals surface area contributed by atoms with Crippen LogP contribution in [-0.2, 0) is 24.8 Å². The van der Waals surface area contributed by atoms with Crippen molar-refractivity contribution in [3.63, 3.8) is 0 Å². The molecule has 252 valence electrons. The van der Waals surface area contributed by atoms with Gasteiger partial charge in [-0.1, -0.05) is 37.3 Å². The summed E-state index contributed by atoms with van der Waals surface area (Å²) in [5, 5.41) is 21.8. The number of aliphatic hydroxyl groups is 1. The topological polar surface area (TPSA) is 203 Å². The zero-order chi connectivity index (χ0) is 33.8. The molecule has 14 nitrogen and oxygen atoms in total. The van der Waals surface area contributed by atoms with Crippen molar-refractivity contribution in [2.45, 2.75) is 94.9 Å². The minimum atomic E-state index is -1.48. The maximum Gasteiger partial charge on any atom is 0.287 e. The summed E-state index contributed by atoms with van der Waals surface area (Å²) >= 11 is 1.60. The molecule has 47 heavy (non-hydrogen) atoms. The third kappa shape index (κ3) is 7.78. The second-order valence-corrected chi connectivity index (χ2v) is 14.4. The van der Waals surface area contributed by atoms with Gasteiger partial charge in [-0.2, -0.15) is 11.8 Å². The molecule has 0 radical (unpaired) electrons. The fourth-order valence-electron chi connectivity index (χ4n) is 6.79. The van der Waals surface area contributed by atoms with Crippen molar-refractivity contribution < 1.29 is 29.1 Å². The number of aliphatic imine (C=N–C) groups is 1. The number of carbonyl (C=O) groups excluding carboxylic acids is 5. The summed E-state index contributed by atoms with van der Waals surface area (Å²) in [5.41, 5.74) is 3.34. The number of aromatic nitrogens is 4. The predicted octanol–water partition coefficient (Wildman–Crippen LogP) is 1.73. The number of nitrogens with two attached hydrogens (primary N) is 1. The van der Waals surface area contributed by atoms with Gasteiger partial charge in [-0.05, 0) is 62.7 Å². The van der Waals surface area contributed by atoms with Gasteiger partial charge in [-0.15, -0.1) is 5.10 Å². The number of thioether (sulfide) groups is 1. The van der Waals surface area contributed by atoms with Crippen LogP contribution >= 0.6 is 11.8 Å². The molecule has 0 unspecified atom stereocenters. The van der Waals surface area contributed by atoms with Gasteiger partial charge in [0.05, 0.1) is 17.9 Å². The Balaban J connectivity index is 1.51. The quantitative estimate of drug-likeness (QED) is 0.248. The number of hydrogen-bond donors (Lipinski definition) is 3. The van der Waals surface area contributed by atoms with Crippen molar-refractivity contribution in [3.8, 4) is 0 Å². The van der Waals surface area contributed by atoms with Crippen LogP contribution in [0.3, 0.4) is 0 Å². The van der Waals surface area contributed by atoms with E-state index in [1.54, 1.807) is 25.6 Å². The Labute approximate surface area is 277 Å². The van der Waals surface area contributed by atoms with Crippen LogP contribution in [0.25, 0.3) is 0 Å². The fraction of sp³-hybridized carbons (Fsp3) is 0.594. The van der Waals surface area contributed by atoms with Gasteiger partial charge >= 0.3 is 0 Å². The van der Waals surface area contributed by atoms with E-state index >= 15 is 0 Å². The highest BCUT2D eigenvalue weighted by atomic mass is 32.2. The average molecular weight is 667 g/mol. The van der Waals surface area contributed by atoms with Crippen molar-refractivity contribution in [2.75, 3.05) is 18.1 Å². The van der Waals surface area contributed by atoms with E-state index in [2.05, 4.69) is 25.6 Å². The highest BCUT2D eigenvalue weighted by molar-refractivity contribution is 7.99. The van der Waals surface area contributed by atoms with Crippen molar-refractivity contribution in [3.05, 3.63) is 42.0 Å². The number of primary amides is 1. The minimum Gasteiger partial charge on any atom is -0.384 e. The van der Waals surface area contributed by atoms with Crippen LogP contribution in [0.1, 0.15) is 93.7 Å². The maximum absolute atomic E-state index is 14.5. The molecule has 0 spiro atoms. The number of nitrogens with zero attached hydrogens (tertiary/aromatic N) is 6.